The molecule has 5 heterocycles. The molecule has 0 bridgehead atoms. The zero-order valence-electron chi connectivity index (χ0n) is 22.3. The van der Waals surface area contributed by atoms with Crippen molar-refractivity contribution in [1.82, 2.24) is 33.6 Å². The topological polar surface area (TPSA) is 134 Å². The first-order chi connectivity index (χ1) is 19.4. The van der Waals surface area contributed by atoms with Crippen molar-refractivity contribution in [2.45, 2.75) is 6.54 Å². The number of nitrogen functional groups attached to an aromatic ring is 1. The molecule has 6 rings (SSSR count). The fourth-order valence-electron chi connectivity index (χ4n) is 5.01. The van der Waals surface area contributed by atoms with E-state index in [1.54, 1.807) is 43.2 Å². The molecule has 0 atom stereocenters. The molecule has 1 aromatic carbocycles. The van der Waals surface area contributed by atoms with E-state index in [2.05, 4.69) is 24.9 Å². The van der Waals surface area contributed by atoms with Gasteiger partial charge in [-0.15, -0.1) is 5.10 Å². The minimum atomic E-state index is -0.392. The van der Waals surface area contributed by atoms with Crippen molar-refractivity contribution in [2.75, 3.05) is 63.7 Å². The average molecular weight is 552 g/mol. The molecule has 40 heavy (non-hydrogen) atoms. The van der Waals surface area contributed by atoms with Crippen LogP contribution in [-0.2, 0) is 18.3 Å². The van der Waals surface area contributed by atoms with Gasteiger partial charge < -0.3 is 24.5 Å². The largest absolute Gasteiger partial charge is 0.488 e. The number of aryl methyl sites for hydroxylation is 1. The van der Waals surface area contributed by atoms with Crippen LogP contribution >= 0.6 is 0 Å². The number of ether oxygens (including phenoxy) is 2. The van der Waals surface area contributed by atoms with E-state index in [1.807, 2.05) is 6.07 Å². The second-order valence-electron chi connectivity index (χ2n) is 9.57. The van der Waals surface area contributed by atoms with Crippen LogP contribution in [0, 0.1) is 5.82 Å². The Balaban J connectivity index is 1.15. The molecule has 0 aliphatic carbocycles. The molecule has 4 aromatic heterocycles. The maximum absolute atomic E-state index is 14.5. The monoisotopic (exact) mass is 551 g/mol. The highest BCUT2D eigenvalue weighted by Gasteiger charge is 2.23. The summed E-state index contributed by atoms with van der Waals surface area (Å²) in [5, 5.41) is 4.41. The molecular weight excluding hydrogens is 521 g/mol. The van der Waals surface area contributed by atoms with Crippen LogP contribution in [0.15, 0.2) is 45.8 Å². The lowest BCUT2D eigenvalue weighted by atomic mass is 10.2. The lowest BCUT2D eigenvalue weighted by Crippen LogP contribution is -2.47. The number of methoxy groups -OCH3 is 1. The highest BCUT2D eigenvalue weighted by Crippen LogP contribution is 2.25. The zero-order chi connectivity index (χ0) is 27.8. The molecule has 2 N–H and O–H groups in total. The predicted molar refractivity (Wildman–Crippen MR) is 146 cm³/mol. The van der Waals surface area contributed by atoms with Crippen LogP contribution in [0.2, 0.25) is 0 Å². The maximum atomic E-state index is 14.5. The third-order valence-electron chi connectivity index (χ3n) is 7.16. The fourth-order valence-corrected chi connectivity index (χ4v) is 5.01. The first-order valence-electron chi connectivity index (χ1n) is 13.0. The SMILES string of the molecule is COCCOc1ccc(N2CCN(CCn3c(=O)n(C)c4c3nc(N)n3nc(-c5ccco5)nc43)CC2)cc1F. The Morgan fingerprint density at radius 1 is 1.07 bits per heavy atom. The van der Waals surface area contributed by atoms with Crippen molar-refractivity contribution < 1.29 is 18.3 Å². The minimum Gasteiger partial charge on any atom is -0.488 e. The molecule has 210 valence electrons. The molecule has 1 fully saturated rings. The molecule has 0 saturated carbocycles. The van der Waals surface area contributed by atoms with Crippen LogP contribution in [0.5, 0.6) is 5.75 Å². The van der Waals surface area contributed by atoms with Crippen molar-refractivity contribution in [2.24, 2.45) is 7.05 Å². The number of piperazine rings is 1. The van der Waals surface area contributed by atoms with Crippen molar-refractivity contribution in [3.05, 3.63) is 52.9 Å². The van der Waals surface area contributed by atoms with E-state index in [1.165, 1.54) is 15.1 Å². The van der Waals surface area contributed by atoms with E-state index < -0.39 is 5.82 Å². The van der Waals surface area contributed by atoms with E-state index in [4.69, 9.17) is 19.6 Å². The lowest BCUT2D eigenvalue weighted by molar-refractivity contribution is 0.144. The van der Waals surface area contributed by atoms with Gasteiger partial charge in [0.05, 0.1) is 12.9 Å². The van der Waals surface area contributed by atoms with Gasteiger partial charge in [-0.25, -0.2) is 14.2 Å². The minimum absolute atomic E-state index is 0.128. The number of furan rings is 1. The number of imidazole rings is 1. The summed E-state index contributed by atoms with van der Waals surface area (Å²) in [6.07, 6.45) is 1.54. The summed E-state index contributed by atoms with van der Waals surface area (Å²) in [5.74, 6) is 0.806. The van der Waals surface area contributed by atoms with Gasteiger partial charge in [-0.05, 0) is 24.3 Å². The molecule has 1 aliphatic heterocycles. The number of fused-ring (bicyclic) bond motifs is 3. The normalized spacial score (nSPS) is 14.5. The Morgan fingerprint density at radius 2 is 1.90 bits per heavy atom. The number of benzene rings is 1. The van der Waals surface area contributed by atoms with Crippen molar-refractivity contribution in [3.8, 4) is 17.3 Å². The summed E-state index contributed by atoms with van der Waals surface area (Å²) in [5.41, 5.74) is 8.26. The summed E-state index contributed by atoms with van der Waals surface area (Å²) >= 11 is 0. The van der Waals surface area contributed by atoms with Crippen molar-refractivity contribution in [1.29, 1.82) is 0 Å². The molecule has 0 unspecified atom stereocenters. The molecule has 5 aromatic rings. The van der Waals surface area contributed by atoms with Gasteiger partial charge in [-0.2, -0.15) is 9.50 Å². The van der Waals surface area contributed by atoms with Gasteiger partial charge in [0.15, 0.2) is 28.6 Å². The number of nitrogens with zero attached hydrogens (tertiary/aromatic N) is 8. The van der Waals surface area contributed by atoms with E-state index in [-0.39, 0.29) is 17.4 Å². The first kappa shape index (κ1) is 25.8. The standard InChI is InChI=1S/C26H30FN9O4/c1-32-21-23(30-25(28)36-24(21)29-22(31-36)20-4-3-13-39-20)35(26(32)37)12-9-33-7-10-34(11-8-33)17-5-6-19(18(27)16-17)40-15-14-38-2/h3-6,13,16H,7-12,14-15H2,1-2H3,(H2,28,30). The molecule has 1 saturated heterocycles. The number of anilines is 2. The predicted octanol–water partition coefficient (Wildman–Crippen LogP) is 1.61. The van der Waals surface area contributed by atoms with Crippen LogP contribution < -0.4 is 21.1 Å². The summed E-state index contributed by atoms with van der Waals surface area (Å²) in [6, 6.07) is 8.53. The van der Waals surface area contributed by atoms with E-state index in [0.717, 1.165) is 31.9 Å². The van der Waals surface area contributed by atoms with Crippen LogP contribution in [0.3, 0.4) is 0 Å². The molecule has 1 aliphatic rings. The smallest absolute Gasteiger partial charge is 0.330 e. The quantitative estimate of drug-likeness (QED) is 0.269. The Morgan fingerprint density at radius 3 is 2.62 bits per heavy atom. The Bertz CT molecular complexity index is 1700. The van der Waals surface area contributed by atoms with E-state index in [0.29, 0.717) is 54.7 Å². The zero-order valence-corrected chi connectivity index (χ0v) is 22.3. The summed E-state index contributed by atoms with van der Waals surface area (Å²) in [7, 11) is 3.26. The second-order valence-corrected chi connectivity index (χ2v) is 9.57. The Hall–Kier alpha value is -4.43. The summed E-state index contributed by atoms with van der Waals surface area (Å²) < 4.78 is 34.9. The van der Waals surface area contributed by atoms with Crippen LogP contribution in [0.4, 0.5) is 16.0 Å². The van der Waals surface area contributed by atoms with Gasteiger partial charge in [0.2, 0.25) is 11.8 Å². The molecule has 0 radical (unpaired) electrons. The highest BCUT2D eigenvalue weighted by atomic mass is 19.1. The van der Waals surface area contributed by atoms with Crippen LogP contribution in [0.25, 0.3) is 28.4 Å². The Kier molecular flexibility index (Phi) is 6.86. The summed E-state index contributed by atoms with van der Waals surface area (Å²) in [4.78, 5) is 26.7. The maximum Gasteiger partial charge on any atom is 0.330 e. The molecule has 13 nitrogen and oxygen atoms in total. The number of aromatic nitrogens is 6. The van der Waals surface area contributed by atoms with Gasteiger partial charge in [-0.1, -0.05) is 0 Å². The molecule has 0 spiro atoms. The van der Waals surface area contributed by atoms with Gasteiger partial charge in [-0.3, -0.25) is 14.0 Å². The Labute approximate surface area is 228 Å². The fraction of sp³-hybridized carbons (Fsp3) is 0.385. The first-order valence-corrected chi connectivity index (χ1v) is 13.0. The number of nitrogens with two attached hydrogens (primary N) is 1. The van der Waals surface area contributed by atoms with Gasteiger partial charge in [0.25, 0.3) is 0 Å². The number of hydrogen-bond acceptors (Lipinski definition) is 10. The van der Waals surface area contributed by atoms with E-state index >= 15 is 0 Å². The van der Waals surface area contributed by atoms with Gasteiger partial charge in [0.1, 0.15) is 12.1 Å². The molecular formula is C26H30FN9O4. The number of rotatable bonds is 9. The highest BCUT2D eigenvalue weighted by molar-refractivity contribution is 5.88. The summed E-state index contributed by atoms with van der Waals surface area (Å²) in [6.45, 7) is 4.76. The van der Waals surface area contributed by atoms with Crippen molar-refractivity contribution in [3.63, 3.8) is 0 Å². The number of halogens is 1. The van der Waals surface area contributed by atoms with Crippen molar-refractivity contribution >= 4 is 28.4 Å². The second kappa shape index (κ2) is 10.6. The molecule has 14 heteroatoms. The lowest BCUT2D eigenvalue weighted by Gasteiger charge is -2.36. The molecule has 0 amide bonds. The van der Waals surface area contributed by atoms with Gasteiger partial charge in [0, 0.05) is 65.2 Å². The van der Waals surface area contributed by atoms with Crippen LogP contribution in [0.1, 0.15) is 0 Å². The average Bonchev–Trinajstić information content (AvgIpc) is 3.69. The van der Waals surface area contributed by atoms with Gasteiger partial charge >= 0.3 is 5.69 Å². The van der Waals surface area contributed by atoms with Crippen LogP contribution in [-0.4, -0.2) is 86.7 Å². The van der Waals surface area contributed by atoms with E-state index in [9.17, 15) is 9.18 Å². The third kappa shape index (κ3) is 4.64. The third-order valence-corrected chi connectivity index (χ3v) is 7.16. The number of hydrogen-bond donors (Lipinski definition) is 1.